The van der Waals surface area contributed by atoms with Crippen LogP contribution in [0, 0.1) is 5.41 Å². The molecule has 1 fully saturated rings. The van der Waals surface area contributed by atoms with E-state index in [9.17, 15) is 4.79 Å². The molecule has 3 rings (SSSR count). The lowest BCUT2D eigenvalue weighted by Gasteiger charge is -2.29. The Morgan fingerprint density at radius 2 is 1.57 bits per heavy atom. The number of ether oxygens (including phenoxy) is 1. The topological polar surface area (TPSA) is 56.6 Å². The van der Waals surface area contributed by atoms with Crippen molar-refractivity contribution >= 4 is 23.2 Å². The molecule has 5 heteroatoms. The minimum atomic E-state index is -0.724. The van der Waals surface area contributed by atoms with Crippen molar-refractivity contribution in [3.63, 3.8) is 0 Å². The van der Waals surface area contributed by atoms with Gasteiger partial charge in [0, 0.05) is 5.69 Å². The molecular weight excluding hydrogens is 290 g/mol. The molecule has 118 valence electrons. The minimum absolute atomic E-state index is 0.226. The second-order valence-electron chi connectivity index (χ2n) is 5.89. The number of rotatable bonds is 3. The molecule has 23 heavy (non-hydrogen) atoms. The van der Waals surface area contributed by atoms with Crippen LogP contribution in [0.4, 0.5) is 16.2 Å². The molecule has 2 amide bonds. The van der Waals surface area contributed by atoms with E-state index in [1.807, 2.05) is 44.2 Å². The Bertz CT molecular complexity index is 739. The molecule has 0 aliphatic carbocycles. The average molecular weight is 309 g/mol. The van der Waals surface area contributed by atoms with Gasteiger partial charge in [0.1, 0.15) is 17.1 Å². The number of hydrogen-bond acceptors (Lipinski definition) is 3. The molecule has 2 aromatic carbocycles. The van der Waals surface area contributed by atoms with Gasteiger partial charge in [0.15, 0.2) is 0 Å². The molecule has 5 nitrogen and oxygen atoms in total. The number of carbonyl (C=O) groups excluding carboxylic acids is 1. The van der Waals surface area contributed by atoms with Crippen LogP contribution in [0.15, 0.2) is 54.6 Å². The van der Waals surface area contributed by atoms with Gasteiger partial charge in [0.25, 0.3) is 0 Å². The van der Waals surface area contributed by atoms with E-state index >= 15 is 0 Å². The minimum Gasteiger partial charge on any atom is -0.497 e. The SMILES string of the molecule is COc1ccc(N2C(=N)C(C)(C)N(c3ccccc3)C2=O)cc1. The summed E-state index contributed by atoms with van der Waals surface area (Å²) >= 11 is 0. The third-order valence-electron chi connectivity index (χ3n) is 4.09. The number of amidine groups is 1. The number of benzene rings is 2. The smallest absolute Gasteiger partial charge is 0.335 e. The molecule has 0 unspecified atom stereocenters. The Balaban J connectivity index is 2.03. The maximum Gasteiger partial charge on any atom is 0.335 e. The van der Waals surface area contributed by atoms with Crippen molar-refractivity contribution in [2.45, 2.75) is 19.4 Å². The van der Waals surface area contributed by atoms with Crippen LogP contribution in [-0.2, 0) is 0 Å². The van der Waals surface area contributed by atoms with Gasteiger partial charge in [-0.05, 0) is 50.2 Å². The van der Waals surface area contributed by atoms with Gasteiger partial charge in [-0.1, -0.05) is 18.2 Å². The largest absolute Gasteiger partial charge is 0.497 e. The van der Waals surface area contributed by atoms with Crippen molar-refractivity contribution < 1.29 is 9.53 Å². The van der Waals surface area contributed by atoms with Gasteiger partial charge in [-0.2, -0.15) is 0 Å². The van der Waals surface area contributed by atoms with Gasteiger partial charge in [-0.3, -0.25) is 10.3 Å². The molecule has 1 aliphatic heterocycles. The monoisotopic (exact) mass is 309 g/mol. The standard InChI is InChI=1S/C18H19N3O2/c1-18(2)16(19)20(13-9-11-15(23-3)12-10-13)17(22)21(18)14-7-5-4-6-8-14/h4-12,19H,1-3H3. The number of para-hydroxylation sites is 1. The fourth-order valence-corrected chi connectivity index (χ4v) is 2.80. The summed E-state index contributed by atoms with van der Waals surface area (Å²) < 4.78 is 5.15. The van der Waals surface area contributed by atoms with Crippen LogP contribution >= 0.6 is 0 Å². The van der Waals surface area contributed by atoms with Crippen molar-refractivity contribution in [1.29, 1.82) is 5.41 Å². The lowest BCUT2D eigenvalue weighted by molar-refractivity contribution is 0.254. The molecule has 1 aliphatic rings. The zero-order valence-corrected chi connectivity index (χ0v) is 13.4. The van der Waals surface area contributed by atoms with Crippen LogP contribution < -0.4 is 14.5 Å². The number of methoxy groups -OCH3 is 1. The van der Waals surface area contributed by atoms with Crippen LogP contribution in [0.1, 0.15) is 13.8 Å². The highest BCUT2D eigenvalue weighted by molar-refractivity contribution is 6.31. The molecular formula is C18H19N3O2. The van der Waals surface area contributed by atoms with E-state index in [4.69, 9.17) is 10.1 Å². The maximum absolute atomic E-state index is 13.0. The van der Waals surface area contributed by atoms with E-state index in [0.717, 1.165) is 5.69 Å². The summed E-state index contributed by atoms with van der Waals surface area (Å²) in [6, 6.07) is 16.4. The lowest BCUT2D eigenvalue weighted by atomic mass is 10.0. The number of anilines is 2. The predicted octanol–water partition coefficient (Wildman–Crippen LogP) is 3.90. The third kappa shape index (κ3) is 2.34. The van der Waals surface area contributed by atoms with Crippen molar-refractivity contribution in [3.05, 3.63) is 54.6 Å². The Labute approximate surface area is 135 Å². The molecule has 0 saturated carbocycles. The van der Waals surface area contributed by atoms with Gasteiger partial charge < -0.3 is 4.74 Å². The molecule has 0 aromatic heterocycles. The first-order chi connectivity index (χ1) is 11.0. The van der Waals surface area contributed by atoms with Crippen LogP contribution in [-0.4, -0.2) is 24.5 Å². The summed E-state index contributed by atoms with van der Waals surface area (Å²) in [6.45, 7) is 3.76. The van der Waals surface area contributed by atoms with Crippen LogP contribution in [0.3, 0.4) is 0 Å². The quantitative estimate of drug-likeness (QED) is 0.935. The van der Waals surface area contributed by atoms with Crippen molar-refractivity contribution in [1.82, 2.24) is 0 Å². The second-order valence-corrected chi connectivity index (χ2v) is 5.89. The average Bonchev–Trinajstić information content (AvgIpc) is 2.74. The second kappa shape index (κ2) is 5.43. The molecule has 0 atom stereocenters. The molecule has 1 heterocycles. The number of nitrogens with one attached hydrogen (secondary N) is 1. The fourth-order valence-electron chi connectivity index (χ4n) is 2.80. The number of nitrogens with zero attached hydrogens (tertiary/aromatic N) is 2. The first-order valence-electron chi connectivity index (χ1n) is 7.39. The molecule has 0 radical (unpaired) electrons. The van der Waals surface area contributed by atoms with Crippen molar-refractivity contribution in [2.24, 2.45) is 0 Å². The zero-order valence-electron chi connectivity index (χ0n) is 13.4. The highest BCUT2D eigenvalue weighted by Crippen LogP contribution is 2.36. The molecule has 0 bridgehead atoms. The number of carbonyl (C=O) groups is 1. The number of urea groups is 1. The number of hydrogen-bond donors (Lipinski definition) is 1. The lowest BCUT2D eigenvalue weighted by Crippen LogP contribution is -2.44. The molecule has 1 N–H and O–H groups in total. The highest BCUT2D eigenvalue weighted by atomic mass is 16.5. The van der Waals surface area contributed by atoms with Gasteiger partial charge >= 0.3 is 6.03 Å². The molecule has 1 saturated heterocycles. The van der Waals surface area contributed by atoms with E-state index in [1.165, 1.54) is 4.90 Å². The van der Waals surface area contributed by atoms with Crippen LogP contribution in [0.25, 0.3) is 0 Å². The van der Waals surface area contributed by atoms with Gasteiger partial charge in [-0.15, -0.1) is 0 Å². The Hall–Kier alpha value is -2.82. The van der Waals surface area contributed by atoms with Crippen LogP contribution in [0.2, 0.25) is 0 Å². The highest BCUT2D eigenvalue weighted by Gasteiger charge is 2.49. The van der Waals surface area contributed by atoms with Crippen molar-refractivity contribution in [3.8, 4) is 5.75 Å². The predicted molar refractivity (Wildman–Crippen MR) is 91.6 cm³/mol. The fraction of sp³-hybridized carbons (Fsp3) is 0.222. The van der Waals surface area contributed by atoms with Gasteiger partial charge in [-0.25, -0.2) is 9.69 Å². The van der Waals surface area contributed by atoms with E-state index < -0.39 is 5.54 Å². The zero-order chi connectivity index (χ0) is 16.6. The Morgan fingerprint density at radius 3 is 2.13 bits per heavy atom. The first kappa shape index (κ1) is 15.1. The molecule has 2 aromatic rings. The van der Waals surface area contributed by atoms with Crippen molar-refractivity contribution in [2.75, 3.05) is 16.9 Å². The van der Waals surface area contributed by atoms with Gasteiger partial charge in [0.2, 0.25) is 0 Å². The van der Waals surface area contributed by atoms with Crippen LogP contribution in [0.5, 0.6) is 5.75 Å². The maximum atomic E-state index is 13.0. The Morgan fingerprint density at radius 1 is 0.957 bits per heavy atom. The van der Waals surface area contributed by atoms with E-state index in [1.54, 1.807) is 36.3 Å². The summed E-state index contributed by atoms with van der Waals surface area (Å²) in [4.78, 5) is 16.1. The molecule has 0 spiro atoms. The number of amides is 2. The van der Waals surface area contributed by atoms with E-state index in [2.05, 4.69) is 0 Å². The van der Waals surface area contributed by atoms with E-state index in [-0.39, 0.29) is 11.9 Å². The summed E-state index contributed by atoms with van der Waals surface area (Å²) in [5, 5.41) is 8.49. The first-order valence-corrected chi connectivity index (χ1v) is 7.39. The summed E-state index contributed by atoms with van der Waals surface area (Å²) in [5.41, 5.74) is 0.716. The van der Waals surface area contributed by atoms with E-state index in [0.29, 0.717) is 11.4 Å². The summed E-state index contributed by atoms with van der Waals surface area (Å²) in [5.74, 6) is 0.961. The van der Waals surface area contributed by atoms with Gasteiger partial charge in [0.05, 0.1) is 12.8 Å². The Kier molecular flexibility index (Phi) is 3.56. The summed E-state index contributed by atoms with van der Waals surface area (Å²) in [6.07, 6.45) is 0. The normalized spacial score (nSPS) is 16.8. The third-order valence-corrected chi connectivity index (χ3v) is 4.09. The summed E-state index contributed by atoms with van der Waals surface area (Å²) in [7, 11) is 1.60.